The topological polar surface area (TPSA) is 45.0 Å². The molecule has 2 aliphatic rings. The number of benzene rings is 1. The molecule has 1 N–H and O–H groups in total. The Morgan fingerprint density at radius 1 is 1.47 bits per heavy atom. The molecule has 0 aromatic heterocycles. The molecule has 17 heavy (non-hydrogen) atoms. The third-order valence-electron chi connectivity index (χ3n) is 4.12. The minimum atomic E-state index is 0.106. The van der Waals surface area contributed by atoms with Crippen LogP contribution >= 0.6 is 0 Å². The van der Waals surface area contributed by atoms with Crippen molar-refractivity contribution in [2.24, 2.45) is 5.92 Å². The van der Waals surface area contributed by atoms with E-state index in [0.29, 0.717) is 5.92 Å². The Morgan fingerprint density at radius 2 is 2.29 bits per heavy atom. The maximum absolute atomic E-state index is 9.38. The molecule has 1 saturated carbocycles. The number of ether oxygens (including phenoxy) is 1. The number of hydrogen-bond donors (Lipinski definition) is 1. The molecule has 3 rings (SSSR count). The monoisotopic (exact) mass is 228 g/mol. The van der Waals surface area contributed by atoms with Gasteiger partial charge in [0.15, 0.2) is 0 Å². The minimum absolute atomic E-state index is 0.106. The molecule has 1 spiro atoms. The summed E-state index contributed by atoms with van der Waals surface area (Å²) in [6, 6.07) is 10.6. The molecule has 1 heterocycles. The number of hydrogen-bond acceptors (Lipinski definition) is 3. The van der Waals surface area contributed by atoms with E-state index in [2.05, 4.69) is 23.5 Å². The highest BCUT2D eigenvalue weighted by atomic mass is 16.5. The first-order valence-corrected chi connectivity index (χ1v) is 6.08. The van der Waals surface area contributed by atoms with Crippen LogP contribution in [0.2, 0.25) is 0 Å². The van der Waals surface area contributed by atoms with E-state index in [1.807, 2.05) is 12.1 Å². The Morgan fingerprint density at radius 3 is 2.94 bits per heavy atom. The van der Waals surface area contributed by atoms with Crippen molar-refractivity contribution in [3.63, 3.8) is 0 Å². The van der Waals surface area contributed by atoms with Gasteiger partial charge >= 0.3 is 0 Å². The quantitative estimate of drug-likeness (QED) is 0.842. The predicted molar refractivity (Wildman–Crippen MR) is 64.8 cm³/mol. The lowest BCUT2D eigenvalue weighted by atomic mass is 9.85. The Kier molecular flexibility index (Phi) is 2.34. The van der Waals surface area contributed by atoms with E-state index in [-0.39, 0.29) is 11.5 Å². The zero-order valence-electron chi connectivity index (χ0n) is 9.94. The molecule has 0 amide bonds. The highest BCUT2D eigenvalue weighted by Crippen LogP contribution is 2.52. The molecule has 1 aliphatic carbocycles. The molecule has 1 aliphatic heterocycles. The lowest BCUT2D eigenvalue weighted by Crippen LogP contribution is -2.28. The van der Waals surface area contributed by atoms with E-state index < -0.39 is 0 Å². The van der Waals surface area contributed by atoms with Crippen LogP contribution in [-0.2, 0) is 0 Å². The van der Waals surface area contributed by atoms with Gasteiger partial charge < -0.3 is 10.1 Å². The van der Waals surface area contributed by atoms with Gasteiger partial charge in [0.2, 0.25) is 0 Å². The molecule has 2 fully saturated rings. The van der Waals surface area contributed by atoms with Crippen molar-refractivity contribution in [1.29, 1.82) is 5.26 Å². The summed E-state index contributed by atoms with van der Waals surface area (Å²) >= 11 is 0. The summed E-state index contributed by atoms with van der Waals surface area (Å²) in [5, 5.41) is 12.9. The SMILES string of the molecule is COc1cccc([C@H]2CNC3(CC3)[C@@H]2C#N)c1. The number of nitrogens with one attached hydrogen (secondary N) is 1. The van der Waals surface area contributed by atoms with Crippen LogP contribution in [0.3, 0.4) is 0 Å². The average molecular weight is 228 g/mol. The summed E-state index contributed by atoms with van der Waals surface area (Å²) in [6.07, 6.45) is 2.29. The lowest BCUT2D eigenvalue weighted by molar-refractivity contribution is 0.413. The smallest absolute Gasteiger partial charge is 0.119 e. The van der Waals surface area contributed by atoms with Gasteiger partial charge in [0, 0.05) is 18.0 Å². The van der Waals surface area contributed by atoms with Gasteiger partial charge in [0.1, 0.15) is 5.75 Å². The summed E-state index contributed by atoms with van der Waals surface area (Å²) in [5.41, 5.74) is 1.34. The van der Waals surface area contributed by atoms with Crippen molar-refractivity contribution >= 4 is 0 Å². The zero-order chi connectivity index (χ0) is 11.9. The standard InChI is InChI=1S/C14H16N2O/c1-17-11-4-2-3-10(7-11)12-9-16-14(5-6-14)13(12)8-15/h2-4,7,12-13,16H,5-6,9H2,1H3/t12-,13-/m1/s1. The second-order valence-corrected chi connectivity index (χ2v) is 5.03. The van der Waals surface area contributed by atoms with Gasteiger partial charge in [-0.25, -0.2) is 0 Å². The molecule has 0 bridgehead atoms. The van der Waals surface area contributed by atoms with Crippen LogP contribution in [0.1, 0.15) is 24.3 Å². The van der Waals surface area contributed by atoms with Crippen molar-refractivity contribution in [1.82, 2.24) is 5.32 Å². The van der Waals surface area contributed by atoms with Crippen molar-refractivity contribution in [3.8, 4) is 11.8 Å². The van der Waals surface area contributed by atoms with Crippen LogP contribution in [-0.4, -0.2) is 19.2 Å². The predicted octanol–water partition coefficient (Wildman–Crippen LogP) is 2.05. The van der Waals surface area contributed by atoms with E-state index in [1.54, 1.807) is 7.11 Å². The fourth-order valence-electron chi connectivity index (χ4n) is 2.94. The molecule has 0 radical (unpaired) electrons. The highest BCUT2D eigenvalue weighted by molar-refractivity contribution is 5.36. The molecule has 2 atom stereocenters. The largest absolute Gasteiger partial charge is 0.497 e. The number of nitrogens with zero attached hydrogens (tertiary/aromatic N) is 1. The van der Waals surface area contributed by atoms with E-state index in [4.69, 9.17) is 4.74 Å². The summed E-state index contributed by atoms with van der Waals surface area (Å²) in [7, 11) is 1.68. The molecule has 1 aromatic rings. The fourth-order valence-corrected chi connectivity index (χ4v) is 2.94. The summed E-state index contributed by atoms with van der Waals surface area (Å²) in [5.74, 6) is 1.28. The van der Waals surface area contributed by atoms with Crippen LogP contribution in [0.15, 0.2) is 24.3 Å². The molecule has 3 nitrogen and oxygen atoms in total. The van der Waals surface area contributed by atoms with Crippen LogP contribution in [0.4, 0.5) is 0 Å². The van der Waals surface area contributed by atoms with E-state index in [0.717, 1.165) is 25.1 Å². The van der Waals surface area contributed by atoms with Gasteiger partial charge in [-0.15, -0.1) is 0 Å². The summed E-state index contributed by atoms with van der Waals surface area (Å²) < 4.78 is 5.25. The first-order chi connectivity index (χ1) is 8.29. The first-order valence-electron chi connectivity index (χ1n) is 6.08. The van der Waals surface area contributed by atoms with Gasteiger partial charge in [0.25, 0.3) is 0 Å². The Hall–Kier alpha value is -1.53. The van der Waals surface area contributed by atoms with Gasteiger partial charge in [-0.05, 0) is 30.5 Å². The maximum Gasteiger partial charge on any atom is 0.119 e. The maximum atomic E-state index is 9.38. The van der Waals surface area contributed by atoms with Gasteiger partial charge in [-0.2, -0.15) is 5.26 Å². The summed E-state index contributed by atoms with van der Waals surface area (Å²) in [4.78, 5) is 0. The molecular formula is C14H16N2O. The van der Waals surface area contributed by atoms with Crippen molar-refractivity contribution in [2.45, 2.75) is 24.3 Å². The van der Waals surface area contributed by atoms with Crippen LogP contribution in [0.25, 0.3) is 0 Å². The number of rotatable bonds is 2. The third kappa shape index (κ3) is 1.60. The van der Waals surface area contributed by atoms with Gasteiger partial charge in [0.05, 0.1) is 19.1 Å². The number of methoxy groups -OCH3 is 1. The van der Waals surface area contributed by atoms with Gasteiger partial charge in [-0.3, -0.25) is 0 Å². The Bertz CT molecular complexity index is 473. The first kappa shape index (κ1) is 10.6. The van der Waals surface area contributed by atoms with Crippen molar-refractivity contribution < 1.29 is 4.74 Å². The molecule has 3 heteroatoms. The lowest BCUT2D eigenvalue weighted by Gasteiger charge is -2.17. The average Bonchev–Trinajstić information content (AvgIpc) is 3.04. The molecule has 0 unspecified atom stereocenters. The second kappa shape index (κ2) is 3.75. The van der Waals surface area contributed by atoms with E-state index >= 15 is 0 Å². The zero-order valence-corrected chi connectivity index (χ0v) is 9.94. The van der Waals surface area contributed by atoms with Crippen LogP contribution in [0, 0.1) is 17.2 Å². The normalized spacial score (nSPS) is 28.9. The van der Waals surface area contributed by atoms with Crippen molar-refractivity contribution in [3.05, 3.63) is 29.8 Å². The molecular weight excluding hydrogens is 212 g/mol. The van der Waals surface area contributed by atoms with Crippen LogP contribution in [0.5, 0.6) is 5.75 Å². The van der Waals surface area contributed by atoms with E-state index in [1.165, 1.54) is 5.56 Å². The minimum Gasteiger partial charge on any atom is -0.497 e. The van der Waals surface area contributed by atoms with Crippen LogP contribution < -0.4 is 10.1 Å². The summed E-state index contributed by atoms with van der Waals surface area (Å²) in [6.45, 7) is 0.908. The molecule has 1 aromatic carbocycles. The number of nitriles is 1. The van der Waals surface area contributed by atoms with E-state index in [9.17, 15) is 5.26 Å². The fraction of sp³-hybridized carbons (Fsp3) is 0.500. The van der Waals surface area contributed by atoms with Gasteiger partial charge in [-0.1, -0.05) is 12.1 Å². The molecule has 1 saturated heterocycles. The van der Waals surface area contributed by atoms with Crippen molar-refractivity contribution in [2.75, 3.05) is 13.7 Å². The highest BCUT2D eigenvalue weighted by Gasteiger charge is 2.56. The third-order valence-corrected chi connectivity index (χ3v) is 4.12. The second-order valence-electron chi connectivity index (χ2n) is 5.03. The Balaban J connectivity index is 1.91. The molecule has 88 valence electrons. The Labute approximate surface area is 101 Å².